The van der Waals surface area contributed by atoms with E-state index in [9.17, 15) is 4.79 Å². The van der Waals surface area contributed by atoms with Crippen molar-refractivity contribution >= 4 is 34.0 Å². The van der Waals surface area contributed by atoms with E-state index in [4.69, 9.17) is 16.6 Å². The lowest BCUT2D eigenvalue weighted by molar-refractivity contribution is 0.166. The molecule has 5 heteroatoms. The van der Waals surface area contributed by atoms with Gasteiger partial charge < -0.3 is 15.1 Å². The average Bonchev–Trinajstić information content (AvgIpc) is 2.53. The van der Waals surface area contributed by atoms with Crippen LogP contribution in [0, 0.1) is 18.3 Å². The van der Waals surface area contributed by atoms with E-state index in [0.717, 1.165) is 35.4 Å². The molecule has 0 spiro atoms. The molecule has 1 aliphatic carbocycles. The zero-order chi connectivity index (χ0) is 18.9. The summed E-state index contributed by atoms with van der Waals surface area (Å²) in [4.78, 5) is 11.6. The maximum atomic E-state index is 11.6. The summed E-state index contributed by atoms with van der Waals surface area (Å²) in [5, 5.41) is 8.22. The number of anilines is 1. The zero-order valence-electron chi connectivity index (χ0n) is 16.0. The molecule has 0 atom stereocenters. The van der Waals surface area contributed by atoms with Gasteiger partial charge in [-0.25, -0.2) is 4.79 Å². The van der Waals surface area contributed by atoms with Crippen LogP contribution in [0.3, 0.4) is 0 Å². The Morgan fingerprint density at radius 2 is 1.85 bits per heavy atom. The van der Waals surface area contributed by atoms with Crippen molar-refractivity contribution in [2.75, 3.05) is 5.32 Å². The van der Waals surface area contributed by atoms with Crippen molar-refractivity contribution in [1.29, 1.82) is 0 Å². The molecule has 0 saturated heterocycles. The molecule has 0 aliphatic heterocycles. The molecule has 3 rings (SSSR count). The molecular weight excluding hydrogens is 344 g/mol. The van der Waals surface area contributed by atoms with E-state index in [1.165, 1.54) is 18.9 Å². The lowest BCUT2D eigenvalue weighted by Crippen LogP contribution is -2.41. The van der Waals surface area contributed by atoms with Crippen LogP contribution in [0.5, 0.6) is 0 Å². The van der Waals surface area contributed by atoms with E-state index >= 15 is 0 Å². The fraction of sp³-hybridized carbons (Fsp3) is 0.524. The second-order valence-electron chi connectivity index (χ2n) is 8.47. The molecule has 1 saturated carbocycles. The highest BCUT2D eigenvalue weighted by Crippen LogP contribution is 2.37. The summed E-state index contributed by atoms with van der Waals surface area (Å²) in [7, 11) is 0. The topological polar surface area (TPSA) is 54.3 Å². The first-order valence-corrected chi connectivity index (χ1v) is 9.75. The lowest BCUT2D eigenvalue weighted by atomic mass is 9.71. The van der Waals surface area contributed by atoms with Gasteiger partial charge in [0.2, 0.25) is 0 Å². The second-order valence-corrected chi connectivity index (χ2v) is 8.88. The molecule has 4 nitrogen and oxygen atoms in total. The lowest BCUT2D eigenvalue weighted by Gasteiger charge is -2.37. The van der Waals surface area contributed by atoms with Crippen molar-refractivity contribution in [1.82, 2.24) is 5.32 Å². The summed E-state index contributed by atoms with van der Waals surface area (Å²) in [6, 6.07) is 7.67. The number of fused-ring (bicyclic) bond motifs is 1. The first-order chi connectivity index (χ1) is 12.2. The fourth-order valence-corrected chi connectivity index (χ4v) is 4.14. The van der Waals surface area contributed by atoms with E-state index in [1.54, 1.807) is 0 Å². The normalized spacial score (nSPS) is 20.8. The van der Waals surface area contributed by atoms with Crippen LogP contribution >= 0.6 is 12.2 Å². The molecule has 0 bridgehead atoms. The number of rotatable bonds is 2. The number of benzene rings is 1. The van der Waals surface area contributed by atoms with Gasteiger partial charge in [-0.2, -0.15) is 0 Å². The molecule has 26 heavy (non-hydrogen) atoms. The molecule has 0 radical (unpaired) electrons. The summed E-state index contributed by atoms with van der Waals surface area (Å²) >= 11 is 5.48. The second kappa shape index (κ2) is 7.39. The largest absolute Gasteiger partial charge is 0.423 e. The Labute approximate surface area is 160 Å². The van der Waals surface area contributed by atoms with Gasteiger partial charge in [0.05, 0.1) is 0 Å². The molecule has 1 aromatic heterocycles. The number of nitrogens with one attached hydrogen (secondary N) is 2. The van der Waals surface area contributed by atoms with Gasteiger partial charge >= 0.3 is 5.63 Å². The van der Waals surface area contributed by atoms with E-state index in [1.807, 2.05) is 25.1 Å². The molecule has 1 heterocycles. The third-order valence-electron chi connectivity index (χ3n) is 5.50. The van der Waals surface area contributed by atoms with E-state index in [-0.39, 0.29) is 5.63 Å². The van der Waals surface area contributed by atoms with Gasteiger partial charge in [0.15, 0.2) is 5.11 Å². The van der Waals surface area contributed by atoms with Gasteiger partial charge in [0.25, 0.3) is 0 Å². The Morgan fingerprint density at radius 3 is 2.50 bits per heavy atom. The summed E-state index contributed by atoms with van der Waals surface area (Å²) < 4.78 is 5.30. The highest BCUT2D eigenvalue weighted by atomic mass is 32.1. The third-order valence-corrected chi connectivity index (χ3v) is 5.72. The third kappa shape index (κ3) is 4.44. The van der Waals surface area contributed by atoms with Crippen molar-refractivity contribution in [3.8, 4) is 0 Å². The average molecular weight is 373 g/mol. The van der Waals surface area contributed by atoms with Gasteiger partial charge in [-0.15, -0.1) is 0 Å². The zero-order valence-corrected chi connectivity index (χ0v) is 16.8. The predicted octanol–water partition coefficient (Wildman–Crippen LogP) is 4.99. The Morgan fingerprint density at radius 1 is 1.15 bits per heavy atom. The highest BCUT2D eigenvalue weighted by molar-refractivity contribution is 7.80. The quantitative estimate of drug-likeness (QED) is 0.574. The Kier molecular flexibility index (Phi) is 5.37. The van der Waals surface area contributed by atoms with Gasteiger partial charge in [0, 0.05) is 29.2 Å². The van der Waals surface area contributed by atoms with E-state index in [2.05, 4.69) is 31.4 Å². The van der Waals surface area contributed by atoms with Crippen LogP contribution in [0.25, 0.3) is 11.0 Å². The monoisotopic (exact) mass is 372 g/mol. The van der Waals surface area contributed by atoms with E-state index in [0.29, 0.717) is 22.2 Å². The maximum absolute atomic E-state index is 11.6. The van der Waals surface area contributed by atoms with Gasteiger partial charge in [-0.1, -0.05) is 20.8 Å². The molecule has 2 aromatic rings. The Balaban J connectivity index is 1.60. The molecule has 1 fully saturated rings. The van der Waals surface area contributed by atoms with Crippen molar-refractivity contribution in [3.05, 3.63) is 40.2 Å². The number of hydrogen-bond donors (Lipinski definition) is 2. The molecule has 1 aliphatic rings. The predicted molar refractivity (Wildman–Crippen MR) is 112 cm³/mol. The van der Waals surface area contributed by atoms with Crippen LogP contribution in [-0.4, -0.2) is 11.2 Å². The van der Waals surface area contributed by atoms with Gasteiger partial charge in [-0.05, 0) is 73.9 Å². The SMILES string of the molecule is Cc1cc(=O)oc2cc(NC(=S)NC3CCC(C(C)(C)C)CC3)ccc12. The molecule has 1 aromatic carbocycles. The van der Waals surface area contributed by atoms with Gasteiger partial charge in [0.1, 0.15) is 5.58 Å². The van der Waals surface area contributed by atoms with Crippen LogP contribution in [0.15, 0.2) is 33.5 Å². The molecular formula is C21H28N2O2S. The smallest absolute Gasteiger partial charge is 0.336 e. The number of aryl methyl sites for hydroxylation is 1. The van der Waals surface area contributed by atoms with E-state index < -0.39 is 0 Å². The Bertz CT molecular complexity index is 858. The summed E-state index contributed by atoms with van der Waals surface area (Å²) in [5.41, 5.74) is 2.37. The minimum Gasteiger partial charge on any atom is -0.423 e. The summed E-state index contributed by atoms with van der Waals surface area (Å²) in [6.07, 6.45) is 4.78. The number of thiocarbonyl (C=S) groups is 1. The van der Waals surface area contributed by atoms with Crippen LogP contribution in [-0.2, 0) is 0 Å². The molecule has 0 unspecified atom stereocenters. The fourth-order valence-electron chi connectivity index (χ4n) is 3.86. The minimum atomic E-state index is -0.330. The van der Waals surface area contributed by atoms with Gasteiger partial charge in [-0.3, -0.25) is 0 Å². The minimum absolute atomic E-state index is 0.330. The van der Waals surface area contributed by atoms with Crippen LogP contribution in [0.4, 0.5) is 5.69 Å². The molecule has 2 N–H and O–H groups in total. The van der Waals surface area contributed by atoms with Crippen LogP contribution in [0.1, 0.15) is 52.0 Å². The first kappa shape index (κ1) is 18.9. The standard InChI is InChI=1S/C21H28N2O2S/c1-13-11-19(24)25-18-12-16(9-10-17(13)18)23-20(26)22-15-7-5-14(6-8-15)21(2,3)4/h9-12,14-15H,5-8H2,1-4H3,(H2,22,23,26). The van der Waals surface area contributed by atoms with Crippen molar-refractivity contribution < 1.29 is 4.42 Å². The van der Waals surface area contributed by atoms with Crippen molar-refractivity contribution in [2.45, 2.75) is 59.4 Å². The Hall–Kier alpha value is -1.88. The van der Waals surface area contributed by atoms with Crippen LogP contribution in [0.2, 0.25) is 0 Å². The highest BCUT2D eigenvalue weighted by Gasteiger charge is 2.29. The van der Waals surface area contributed by atoms with Crippen LogP contribution < -0.4 is 16.3 Å². The maximum Gasteiger partial charge on any atom is 0.336 e. The van der Waals surface area contributed by atoms with Crippen molar-refractivity contribution in [3.63, 3.8) is 0 Å². The molecule has 0 amide bonds. The number of hydrogen-bond acceptors (Lipinski definition) is 3. The summed E-state index contributed by atoms with van der Waals surface area (Å²) in [6.45, 7) is 8.90. The van der Waals surface area contributed by atoms with Crippen molar-refractivity contribution in [2.24, 2.45) is 11.3 Å². The summed E-state index contributed by atoms with van der Waals surface area (Å²) in [5.74, 6) is 0.786. The molecule has 140 valence electrons. The first-order valence-electron chi connectivity index (χ1n) is 9.34.